The molecule has 154 valence electrons. The molecule has 1 saturated heterocycles. The van der Waals surface area contributed by atoms with Gasteiger partial charge < -0.3 is 25.6 Å². The number of amides is 2. The molecule has 0 bridgehead atoms. The number of nitrogens with zero attached hydrogens (tertiary/aromatic N) is 3. The van der Waals surface area contributed by atoms with Crippen LogP contribution in [0, 0.1) is 0 Å². The number of ether oxygens (including phenoxy) is 1. The number of hydrogen-bond donors (Lipinski definition) is 2. The van der Waals surface area contributed by atoms with E-state index in [4.69, 9.17) is 10.5 Å². The van der Waals surface area contributed by atoms with E-state index in [9.17, 15) is 9.59 Å². The highest BCUT2D eigenvalue weighted by atomic mass is 16.6. The Bertz CT molecular complexity index is 697. The van der Waals surface area contributed by atoms with Crippen LogP contribution in [0.5, 0.6) is 0 Å². The van der Waals surface area contributed by atoms with Gasteiger partial charge in [-0.15, -0.1) is 0 Å². The summed E-state index contributed by atoms with van der Waals surface area (Å²) in [5, 5.41) is 3.23. The number of carbonyl (C=O) groups excluding carboxylic acids is 2. The molecule has 2 amide bonds. The lowest BCUT2D eigenvalue weighted by molar-refractivity contribution is 0.0827. The van der Waals surface area contributed by atoms with Gasteiger partial charge in [-0.05, 0) is 43.9 Å². The Morgan fingerprint density at radius 1 is 1.32 bits per heavy atom. The monoisotopic (exact) mass is 389 g/mol. The van der Waals surface area contributed by atoms with E-state index in [-0.39, 0.29) is 18.0 Å². The molecule has 1 aromatic carbocycles. The first-order valence-corrected chi connectivity index (χ1v) is 9.69. The third-order valence-corrected chi connectivity index (χ3v) is 4.64. The molecule has 1 fully saturated rings. The van der Waals surface area contributed by atoms with Gasteiger partial charge in [0.1, 0.15) is 0 Å². The summed E-state index contributed by atoms with van der Waals surface area (Å²) in [5.74, 6) is 0.399. The fourth-order valence-electron chi connectivity index (χ4n) is 3.10. The highest BCUT2D eigenvalue weighted by Gasteiger charge is 2.23. The molecular weight excluding hydrogens is 358 g/mol. The van der Waals surface area contributed by atoms with Crippen LogP contribution in [0.3, 0.4) is 0 Å². The van der Waals surface area contributed by atoms with Crippen LogP contribution in [0.2, 0.25) is 0 Å². The third kappa shape index (κ3) is 6.44. The Morgan fingerprint density at radius 2 is 2.04 bits per heavy atom. The SMILES string of the molecule is CCOC(=O)N1CCC(NC(N)=NCCc2cccc(C(=O)N(C)C)c2)CC1. The fraction of sp³-hybridized carbons (Fsp3) is 0.550. The Balaban J connectivity index is 1.77. The normalized spacial score (nSPS) is 15.2. The maximum atomic E-state index is 12.0. The molecule has 28 heavy (non-hydrogen) atoms. The summed E-state index contributed by atoms with van der Waals surface area (Å²) in [6, 6.07) is 7.78. The van der Waals surface area contributed by atoms with Gasteiger partial charge in [0.25, 0.3) is 5.91 Å². The van der Waals surface area contributed by atoms with Crippen molar-refractivity contribution in [2.45, 2.75) is 32.2 Å². The highest BCUT2D eigenvalue weighted by Crippen LogP contribution is 2.11. The Hall–Kier alpha value is -2.77. The van der Waals surface area contributed by atoms with E-state index in [1.54, 1.807) is 30.8 Å². The van der Waals surface area contributed by atoms with Crippen molar-refractivity contribution >= 4 is 18.0 Å². The van der Waals surface area contributed by atoms with Crippen molar-refractivity contribution in [2.75, 3.05) is 40.3 Å². The van der Waals surface area contributed by atoms with Crippen molar-refractivity contribution in [1.82, 2.24) is 15.1 Å². The van der Waals surface area contributed by atoms with E-state index in [0.717, 1.165) is 18.4 Å². The Morgan fingerprint density at radius 3 is 2.68 bits per heavy atom. The predicted octanol–water partition coefficient (Wildman–Crippen LogP) is 1.46. The second kappa shape index (κ2) is 10.5. The number of benzene rings is 1. The van der Waals surface area contributed by atoms with Crippen molar-refractivity contribution in [3.8, 4) is 0 Å². The number of likely N-dealkylation sites (tertiary alicyclic amines) is 1. The van der Waals surface area contributed by atoms with Crippen LogP contribution in [0.1, 0.15) is 35.7 Å². The molecule has 0 spiro atoms. The van der Waals surface area contributed by atoms with E-state index in [2.05, 4.69) is 10.3 Å². The molecule has 1 aliphatic heterocycles. The van der Waals surface area contributed by atoms with Crippen LogP contribution < -0.4 is 11.1 Å². The van der Waals surface area contributed by atoms with E-state index in [1.807, 2.05) is 24.3 Å². The van der Waals surface area contributed by atoms with E-state index in [0.29, 0.717) is 44.2 Å². The van der Waals surface area contributed by atoms with Crippen LogP contribution >= 0.6 is 0 Å². The zero-order valence-corrected chi connectivity index (χ0v) is 17.0. The van der Waals surface area contributed by atoms with Crippen LogP contribution in [0.15, 0.2) is 29.3 Å². The molecule has 0 atom stereocenters. The molecule has 1 aliphatic rings. The Labute approximate surface area is 166 Å². The van der Waals surface area contributed by atoms with Gasteiger partial charge in [-0.3, -0.25) is 9.79 Å². The molecule has 8 nitrogen and oxygen atoms in total. The number of carbonyl (C=O) groups is 2. The lowest BCUT2D eigenvalue weighted by Crippen LogP contribution is -2.48. The smallest absolute Gasteiger partial charge is 0.409 e. The van der Waals surface area contributed by atoms with Crippen LogP contribution in [-0.4, -0.2) is 74.1 Å². The van der Waals surface area contributed by atoms with Gasteiger partial charge in [-0.25, -0.2) is 4.79 Å². The summed E-state index contributed by atoms with van der Waals surface area (Å²) in [6.07, 6.45) is 2.07. The maximum absolute atomic E-state index is 12.0. The van der Waals surface area contributed by atoms with Crippen LogP contribution in [-0.2, 0) is 11.2 Å². The molecule has 0 saturated carbocycles. The summed E-state index contributed by atoms with van der Waals surface area (Å²) in [6.45, 7) is 4.04. The molecule has 3 N–H and O–H groups in total. The zero-order valence-electron chi connectivity index (χ0n) is 17.0. The minimum absolute atomic E-state index is 0.0132. The first-order chi connectivity index (χ1) is 13.4. The average molecular weight is 390 g/mol. The number of hydrogen-bond acceptors (Lipinski definition) is 4. The number of piperidine rings is 1. The van der Waals surface area contributed by atoms with Crippen LogP contribution in [0.4, 0.5) is 4.79 Å². The van der Waals surface area contributed by atoms with Gasteiger partial charge >= 0.3 is 6.09 Å². The third-order valence-electron chi connectivity index (χ3n) is 4.64. The summed E-state index contributed by atoms with van der Waals surface area (Å²) < 4.78 is 5.02. The van der Waals surface area contributed by atoms with E-state index < -0.39 is 0 Å². The molecule has 2 rings (SSSR count). The topological polar surface area (TPSA) is 100 Å². The van der Waals surface area contributed by atoms with Gasteiger partial charge in [0.15, 0.2) is 5.96 Å². The summed E-state index contributed by atoms with van der Waals surface area (Å²) >= 11 is 0. The standard InChI is InChI=1S/C20H31N5O3/c1-4-28-20(27)25-12-9-17(10-13-25)23-19(21)22-11-8-15-6-5-7-16(14-15)18(26)24(2)3/h5-7,14,17H,4,8-13H2,1-3H3,(H3,21,22,23). The lowest BCUT2D eigenvalue weighted by Gasteiger charge is -2.31. The molecule has 0 aromatic heterocycles. The second-order valence-corrected chi connectivity index (χ2v) is 7.02. The lowest BCUT2D eigenvalue weighted by atomic mass is 10.1. The number of aliphatic imine (C=N–C) groups is 1. The average Bonchev–Trinajstić information content (AvgIpc) is 2.68. The van der Waals surface area contributed by atoms with Crippen molar-refractivity contribution in [3.05, 3.63) is 35.4 Å². The molecule has 0 radical (unpaired) electrons. The molecule has 1 aromatic rings. The minimum Gasteiger partial charge on any atom is -0.450 e. The number of nitrogens with two attached hydrogens (primary N) is 1. The summed E-state index contributed by atoms with van der Waals surface area (Å²) in [4.78, 5) is 31.4. The summed E-state index contributed by atoms with van der Waals surface area (Å²) in [7, 11) is 3.48. The van der Waals surface area contributed by atoms with Crippen molar-refractivity contribution in [3.63, 3.8) is 0 Å². The zero-order chi connectivity index (χ0) is 20.5. The van der Waals surface area contributed by atoms with Crippen molar-refractivity contribution < 1.29 is 14.3 Å². The van der Waals surface area contributed by atoms with Gasteiger partial charge in [0.05, 0.1) is 6.61 Å². The van der Waals surface area contributed by atoms with Gasteiger partial charge in [-0.2, -0.15) is 0 Å². The second-order valence-electron chi connectivity index (χ2n) is 7.02. The minimum atomic E-state index is -0.252. The maximum Gasteiger partial charge on any atom is 0.409 e. The molecule has 1 heterocycles. The van der Waals surface area contributed by atoms with Gasteiger partial charge in [0, 0.05) is 45.3 Å². The first kappa shape index (κ1) is 21.5. The first-order valence-electron chi connectivity index (χ1n) is 9.69. The largest absolute Gasteiger partial charge is 0.450 e. The molecule has 0 aliphatic carbocycles. The van der Waals surface area contributed by atoms with E-state index in [1.165, 1.54) is 0 Å². The Kier molecular flexibility index (Phi) is 8.10. The number of nitrogens with one attached hydrogen (secondary N) is 1. The van der Waals surface area contributed by atoms with E-state index >= 15 is 0 Å². The fourth-order valence-corrected chi connectivity index (χ4v) is 3.10. The number of rotatable bonds is 6. The predicted molar refractivity (Wildman–Crippen MR) is 109 cm³/mol. The molecular formula is C20H31N5O3. The van der Waals surface area contributed by atoms with Crippen molar-refractivity contribution in [1.29, 1.82) is 0 Å². The number of guanidine groups is 1. The van der Waals surface area contributed by atoms with Crippen molar-refractivity contribution in [2.24, 2.45) is 10.7 Å². The van der Waals surface area contributed by atoms with Crippen LogP contribution in [0.25, 0.3) is 0 Å². The quantitative estimate of drug-likeness (QED) is 0.567. The molecule has 8 heteroatoms. The summed E-state index contributed by atoms with van der Waals surface area (Å²) in [5.41, 5.74) is 7.72. The highest BCUT2D eigenvalue weighted by molar-refractivity contribution is 5.94. The molecule has 0 unspecified atom stereocenters. The van der Waals surface area contributed by atoms with Gasteiger partial charge in [-0.1, -0.05) is 12.1 Å². The van der Waals surface area contributed by atoms with Gasteiger partial charge in [0.2, 0.25) is 0 Å².